The van der Waals surface area contributed by atoms with Crippen molar-refractivity contribution in [2.75, 3.05) is 11.9 Å². The van der Waals surface area contributed by atoms with Gasteiger partial charge in [0.05, 0.1) is 0 Å². The molecule has 5 heteroatoms. The first-order valence-corrected chi connectivity index (χ1v) is 9.47. The van der Waals surface area contributed by atoms with Crippen molar-refractivity contribution in [1.82, 2.24) is 4.90 Å². The first kappa shape index (κ1) is 17.4. The van der Waals surface area contributed by atoms with Crippen LogP contribution in [0.4, 0.5) is 5.69 Å². The molecule has 1 saturated heterocycles. The van der Waals surface area contributed by atoms with E-state index >= 15 is 0 Å². The maximum Gasteiger partial charge on any atom is 0.246 e. The van der Waals surface area contributed by atoms with Gasteiger partial charge in [0.25, 0.3) is 0 Å². The molecule has 2 amide bonds. The van der Waals surface area contributed by atoms with Crippen LogP contribution >= 0.6 is 11.3 Å². The predicted octanol–water partition coefficient (Wildman–Crippen LogP) is 4.31. The zero-order chi connectivity index (χ0) is 17.6. The van der Waals surface area contributed by atoms with Crippen molar-refractivity contribution in [2.45, 2.75) is 31.7 Å². The fraction of sp³-hybridized carbons (Fsp3) is 0.300. The van der Waals surface area contributed by atoms with Crippen LogP contribution in [0.5, 0.6) is 0 Å². The Morgan fingerprint density at radius 3 is 2.72 bits per heavy atom. The number of hydrogen-bond acceptors (Lipinski definition) is 3. The molecule has 1 aliphatic heterocycles. The third-order valence-electron chi connectivity index (χ3n) is 4.56. The molecule has 2 aromatic rings. The van der Waals surface area contributed by atoms with E-state index in [4.69, 9.17) is 0 Å². The molecular formula is C20H22N2O2S. The number of carbonyl (C=O) groups excluding carboxylic acids is 2. The first-order valence-electron chi connectivity index (χ1n) is 8.53. The number of rotatable bonds is 6. The standard InChI is InChI=1S/C20H22N2O2S/c1-2-20(24)22-12-3-4-18(22)9-10-19(23)21-17-7-5-15(6-8-17)16-11-13-25-14-16/h2,5-8,11,13-14,18H,1,3-4,9-10,12H2,(H,21,23). The molecule has 25 heavy (non-hydrogen) atoms. The van der Waals surface area contributed by atoms with Crippen molar-refractivity contribution >= 4 is 28.8 Å². The molecule has 1 fully saturated rings. The lowest BCUT2D eigenvalue weighted by Gasteiger charge is -2.23. The van der Waals surface area contributed by atoms with Crippen molar-refractivity contribution in [3.05, 3.63) is 53.7 Å². The Balaban J connectivity index is 1.51. The summed E-state index contributed by atoms with van der Waals surface area (Å²) in [5.74, 6) is -0.0480. The van der Waals surface area contributed by atoms with Crippen molar-refractivity contribution in [1.29, 1.82) is 0 Å². The van der Waals surface area contributed by atoms with E-state index in [1.165, 1.54) is 11.6 Å². The molecule has 3 rings (SSSR count). The highest BCUT2D eigenvalue weighted by Gasteiger charge is 2.27. The Labute approximate surface area is 152 Å². The number of nitrogens with zero attached hydrogens (tertiary/aromatic N) is 1. The lowest BCUT2D eigenvalue weighted by Crippen LogP contribution is -2.34. The van der Waals surface area contributed by atoms with Gasteiger partial charge in [-0.25, -0.2) is 0 Å². The van der Waals surface area contributed by atoms with Crippen LogP contribution < -0.4 is 5.32 Å². The van der Waals surface area contributed by atoms with Crippen LogP contribution in [-0.2, 0) is 9.59 Å². The zero-order valence-electron chi connectivity index (χ0n) is 14.1. The summed E-state index contributed by atoms with van der Waals surface area (Å²) < 4.78 is 0. The molecular weight excluding hydrogens is 332 g/mol. The van der Waals surface area contributed by atoms with Gasteiger partial charge in [-0.05, 0) is 65.4 Å². The molecule has 2 heterocycles. The zero-order valence-corrected chi connectivity index (χ0v) is 14.9. The van der Waals surface area contributed by atoms with Crippen molar-refractivity contribution < 1.29 is 9.59 Å². The largest absolute Gasteiger partial charge is 0.336 e. The van der Waals surface area contributed by atoms with Crippen LogP contribution in [0.15, 0.2) is 53.7 Å². The summed E-state index contributed by atoms with van der Waals surface area (Å²) in [4.78, 5) is 25.8. The fourth-order valence-electron chi connectivity index (χ4n) is 3.24. The van der Waals surface area contributed by atoms with Crippen LogP contribution in [0, 0.1) is 0 Å². The maximum absolute atomic E-state index is 12.2. The van der Waals surface area contributed by atoms with Crippen molar-refractivity contribution in [3.63, 3.8) is 0 Å². The van der Waals surface area contributed by atoms with Crippen LogP contribution in [0.2, 0.25) is 0 Å². The summed E-state index contributed by atoms with van der Waals surface area (Å²) >= 11 is 1.67. The number of thiophene rings is 1. The Morgan fingerprint density at radius 1 is 1.24 bits per heavy atom. The lowest BCUT2D eigenvalue weighted by atomic mass is 10.1. The molecule has 1 aromatic carbocycles. The van der Waals surface area contributed by atoms with Gasteiger partial charge in [0, 0.05) is 24.7 Å². The smallest absolute Gasteiger partial charge is 0.246 e. The Morgan fingerprint density at radius 2 is 2.04 bits per heavy atom. The molecule has 0 radical (unpaired) electrons. The van der Waals surface area contributed by atoms with E-state index in [0.717, 1.165) is 30.6 Å². The summed E-state index contributed by atoms with van der Waals surface area (Å²) in [6.45, 7) is 4.31. The fourth-order valence-corrected chi connectivity index (χ4v) is 3.90. The van der Waals surface area contributed by atoms with Crippen LogP contribution in [-0.4, -0.2) is 29.3 Å². The summed E-state index contributed by atoms with van der Waals surface area (Å²) in [6, 6.07) is 10.1. The second kappa shape index (κ2) is 8.12. The van der Waals surface area contributed by atoms with Gasteiger partial charge in [0.15, 0.2) is 0 Å². The molecule has 1 unspecified atom stereocenters. The quantitative estimate of drug-likeness (QED) is 0.786. The molecule has 0 spiro atoms. The average Bonchev–Trinajstić information content (AvgIpc) is 3.31. The minimum atomic E-state index is -0.0353. The predicted molar refractivity (Wildman–Crippen MR) is 103 cm³/mol. The minimum Gasteiger partial charge on any atom is -0.336 e. The Hall–Kier alpha value is -2.40. The highest BCUT2D eigenvalue weighted by Crippen LogP contribution is 2.24. The number of anilines is 1. The number of amides is 2. The molecule has 0 aliphatic carbocycles. The monoisotopic (exact) mass is 354 g/mol. The van der Waals surface area contributed by atoms with Gasteiger partial charge in [-0.2, -0.15) is 11.3 Å². The number of likely N-dealkylation sites (tertiary alicyclic amines) is 1. The van der Waals surface area contributed by atoms with E-state index in [1.54, 1.807) is 11.3 Å². The molecule has 1 N–H and O–H groups in total. The normalized spacial score (nSPS) is 16.6. The summed E-state index contributed by atoms with van der Waals surface area (Å²) in [7, 11) is 0. The van der Waals surface area contributed by atoms with Gasteiger partial charge in [-0.15, -0.1) is 0 Å². The second-order valence-corrected chi connectivity index (χ2v) is 6.99. The summed E-state index contributed by atoms with van der Waals surface area (Å²) in [6.07, 6.45) is 4.42. The third kappa shape index (κ3) is 4.37. The SMILES string of the molecule is C=CC(=O)N1CCCC1CCC(=O)Nc1ccc(-c2ccsc2)cc1. The van der Waals surface area contributed by atoms with Gasteiger partial charge >= 0.3 is 0 Å². The van der Waals surface area contributed by atoms with E-state index < -0.39 is 0 Å². The third-order valence-corrected chi connectivity index (χ3v) is 5.25. The van der Waals surface area contributed by atoms with E-state index in [2.05, 4.69) is 28.7 Å². The summed E-state index contributed by atoms with van der Waals surface area (Å²) in [5, 5.41) is 7.09. The topological polar surface area (TPSA) is 49.4 Å². The lowest BCUT2D eigenvalue weighted by molar-refractivity contribution is -0.127. The molecule has 0 bridgehead atoms. The molecule has 4 nitrogen and oxygen atoms in total. The van der Waals surface area contributed by atoms with Gasteiger partial charge in [-0.3, -0.25) is 9.59 Å². The molecule has 1 aliphatic rings. The average molecular weight is 354 g/mol. The van der Waals surface area contributed by atoms with Crippen LogP contribution in [0.25, 0.3) is 11.1 Å². The molecule has 1 atom stereocenters. The van der Waals surface area contributed by atoms with Gasteiger partial charge in [-0.1, -0.05) is 18.7 Å². The van der Waals surface area contributed by atoms with Crippen molar-refractivity contribution in [2.24, 2.45) is 0 Å². The Kier molecular flexibility index (Phi) is 5.66. The highest BCUT2D eigenvalue weighted by molar-refractivity contribution is 7.08. The molecule has 130 valence electrons. The second-order valence-electron chi connectivity index (χ2n) is 6.21. The number of carbonyl (C=O) groups is 2. The van der Waals surface area contributed by atoms with Crippen LogP contribution in [0.3, 0.4) is 0 Å². The number of nitrogens with one attached hydrogen (secondary N) is 1. The minimum absolute atomic E-state index is 0.0128. The summed E-state index contributed by atoms with van der Waals surface area (Å²) in [5.41, 5.74) is 3.13. The number of hydrogen-bond donors (Lipinski definition) is 1. The van der Waals surface area contributed by atoms with E-state index in [-0.39, 0.29) is 17.9 Å². The van der Waals surface area contributed by atoms with Gasteiger partial charge in [0.2, 0.25) is 11.8 Å². The van der Waals surface area contributed by atoms with Gasteiger partial charge in [0.1, 0.15) is 0 Å². The maximum atomic E-state index is 12.2. The number of benzene rings is 1. The molecule has 0 saturated carbocycles. The van der Waals surface area contributed by atoms with Crippen LogP contribution in [0.1, 0.15) is 25.7 Å². The molecule has 1 aromatic heterocycles. The highest BCUT2D eigenvalue weighted by atomic mass is 32.1. The Bertz CT molecular complexity index is 738. The van der Waals surface area contributed by atoms with E-state index in [1.807, 2.05) is 29.2 Å². The van der Waals surface area contributed by atoms with Crippen molar-refractivity contribution in [3.8, 4) is 11.1 Å². The van der Waals surface area contributed by atoms with Gasteiger partial charge < -0.3 is 10.2 Å². The first-order chi connectivity index (χ1) is 12.2. The van der Waals surface area contributed by atoms with E-state index in [0.29, 0.717) is 12.8 Å². The van der Waals surface area contributed by atoms with E-state index in [9.17, 15) is 9.59 Å².